The molecule has 0 aliphatic heterocycles. The van der Waals surface area contributed by atoms with Gasteiger partial charge in [-0.15, -0.1) is 0 Å². The second kappa shape index (κ2) is 8.14. The average Bonchev–Trinajstić information content (AvgIpc) is 3.10. The summed E-state index contributed by atoms with van der Waals surface area (Å²) in [5.41, 5.74) is 1.36. The maximum absolute atomic E-state index is 12.1. The second-order valence-corrected chi connectivity index (χ2v) is 5.50. The molecule has 2 rings (SSSR count). The lowest BCUT2D eigenvalue weighted by Gasteiger charge is -2.18. The number of hydrogen-bond acceptors (Lipinski definition) is 5. The molecule has 1 amide bonds. The largest absolute Gasteiger partial charge is 0.496 e. The number of methoxy groups -OCH3 is 1. The fraction of sp³-hybridized carbons (Fsp3) is 0.278. The Morgan fingerprint density at radius 2 is 1.92 bits per heavy atom. The Labute approximate surface area is 145 Å². The van der Waals surface area contributed by atoms with Gasteiger partial charge in [0.1, 0.15) is 11.4 Å². The van der Waals surface area contributed by atoms with Gasteiger partial charge in [-0.05, 0) is 19.1 Å². The normalized spacial score (nSPS) is 10.2. The minimum Gasteiger partial charge on any atom is -0.496 e. The van der Waals surface area contributed by atoms with Crippen molar-refractivity contribution < 1.29 is 23.9 Å². The smallest absolute Gasteiger partial charge is 0.355 e. The Morgan fingerprint density at radius 3 is 2.56 bits per heavy atom. The molecule has 0 spiro atoms. The molecule has 0 aliphatic carbocycles. The molecule has 1 heterocycles. The fourth-order valence-corrected chi connectivity index (χ4v) is 2.21. The highest BCUT2D eigenvalue weighted by Crippen LogP contribution is 2.18. The predicted octanol–water partition coefficient (Wildman–Crippen LogP) is 2.04. The van der Waals surface area contributed by atoms with Crippen LogP contribution >= 0.6 is 0 Å². The molecule has 7 heteroatoms. The van der Waals surface area contributed by atoms with Crippen molar-refractivity contribution in [2.45, 2.75) is 13.5 Å². The van der Waals surface area contributed by atoms with E-state index in [0.717, 1.165) is 5.56 Å². The number of hydrogen-bond donors (Lipinski definition) is 1. The van der Waals surface area contributed by atoms with Crippen molar-refractivity contribution in [1.82, 2.24) is 9.88 Å². The summed E-state index contributed by atoms with van der Waals surface area (Å²) in [7, 11) is 3.18. The van der Waals surface area contributed by atoms with Crippen LogP contribution in [-0.4, -0.2) is 48.3 Å². The highest BCUT2D eigenvalue weighted by atomic mass is 16.5. The summed E-state index contributed by atoms with van der Waals surface area (Å²) in [6, 6.07) is 8.77. The number of aromatic amines is 1. The third-order valence-corrected chi connectivity index (χ3v) is 3.66. The zero-order valence-electron chi connectivity index (χ0n) is 14.4. The van der Waals surface area contributed by atoms with Crippen molar-refractivity contribution in [1.29, 1.82) is 0 Å². The standard InChI is InChI=1S/C18H20N2O5/c1-12(21)14-8-15(19-9-14)18(23)25-11-17(22)20(2)10-13-6-4-5-7-16(13)24-3/h4-9,19H,10-11H2,1-3H3. The van der Waals surface area contributed by atoms with Gasteiger partial charge in [-0.3, -0.25) is 9.59 Å². The van der Waals surface area contributed by atoms with E-state index in [1.807, 2.05) is 24.3 Å². The first-order valence-electron chi connectivity index (χ1n) is 7.64. The summed E-state index contributed by atoms with van der Waals surface area (Å²) in [6.07, 6.45) is 1.43. The number of amides is 1. The number of nitrogens with one attached hydrogen (secondary N) is 1. The van der Waals surface area contributed by atoms with Crippen LogP contribution in [0, 0.1) is 0 Å². The maximum atomic E-state index is 12.1. The van der Waals surface area contributed by atoms with Crippen LogP contribution in [0.15, 0.2) is 36.5 Å². The van der Waals surface area contributed by atoms with Gasteiger partial charge in [-0.25, -0.2) is 4.79 Å². The van der Waals surface area contributed by atoms with Gasteiger partial charge in [0.15, 0.2) is 12.4 Å². The van der Waals surface area contributed by atoms with Gasteiger partial charge in [-0.1, -0.05) is 18.2 Å². The van der Waals surface area contributed by atoms with E-state index in [1.54, 1.807) is 14.2 Å². The summed E-state index contributed by atoms with van der Waals surface area (Å²) in [5, 5.41) is 0. The zero-order valence-corrected chi connectivity index (χ0v) is 14.4. The summed E-state index contributed by atoms with van der Waals surface area (Å²) in [5.74, 6) is -0.519. The molecule has 7 nitrogen and oxygen atoms in total. The van der Waals surface area contributed by atoms with Crippen LogP contribution in [0.1, 0.15) is 33.3 Å². The molecule has 1 N–H and O–H groups in total. The molecule has 0 radical (unpaired) electrons. The minimum absolute atomic E-state index is 0.130. The van der Waals surface area contributed by atoms with Gasteiger partial charge in [0, 0.05) is 30.9 Å². The van der Waals surface area contributed by atoms with Crippen LogP contribution in [0.2, 0.25) is 0 Å². The van der Waals surface area contributed by atoms with Crippen LogP contribution < -0.4 is 4.74 Å². The number of carbonyl (C=O) groups is 3. The van der Waals surface area contributed by atoms with Gasteiger partial charge >= 0.3 is 5.97 Å². The Balaban J connectivity index is 1.90. The summed E-state index contributed by atoms with van der Waals surface area (Å²) < 4.78 is 10.2. The molecule has 132 valence electrons. The summed E-state index contributed by atoms with van der Waals surface area (Å²) in [4.78, 5) is 39.4. The molecular formula is C18H20N2O5. The molecule has 0 aliphatic rings. The first kappa shape index (κ1) is 18.3. The maximum Gasteiger partial charge on any atom is 0.355 e. The van der Waals surface area contributed by atoms with E-state index in [9.17, 15) is 14.4 Å². The fourth-order valence-electron chi connectivity index (χ4n) is 2.21. The molecule has 0 saturated heterocycles. The predicted molar refractivity (Wildman–Crippen MR) is 90.5 cm³/mol. The number of esters is 1. The second-order valence-electron chi connectivity index (χ2n) is 5.50. The Bertz CT molecular complexity index is 781. The number of aromatic nitrogens is 1. The zero-order chi connectivity index (χ0) is 18.4. The van der Waals surface area contributed by atoms with E-state index in [1.165, 1.54) is 24.1 Å². The molecule has 2 aromatic rings. The van der Waals surface area contributed by atoms with E-state index < -0.39 is 5.97 Å². The van der Waals surface area contributed by atoms with Gasteiger partial charge in [0.25, 0.3) is 5.91 Å². The van der Waals surface area contributed by atoms with Crippen molar-refractivity contribution >= 4 is 17.7 Å². The lowest BCUT2D eigenvalue weighted by atomic mass is 10.2. The van der Waals surface area contributed by atoms with Gasteiger partial charge < -0.3 is 19.4 Å². The highest BCUT2D eigenvalue weighted by molar-refractivity contribution is 5.97. The SMILES string of the molecule is COc1ccccc1CN(C)C(=O)COC(=O)c1cc(C(C)=O)c[nH]1. The molecule has 25 heavy (non-hydrogen) atoms. The van der Waals surface area contributed by atoms with Gasteiger partial charge in [0.2, 0.25) is 0 Å². The van der Waals surface area contributed by atoms with Gasteiger partial charge in [0.05, 0.1) is 7.11 Å². The third-order valence-electron chi connectivity index (χ3n) is 3.66. The van der Waals surface area contributed by atoms with Crippen molar-refractivity contribution in [3.63, 3.8) is 0 Å². The molecule has 0 saturated carbocycles. The Morgan fingerprint density at radius 1 is 1.20 bits per heavy atom. The summed E-state index contributed by atoms with van der Waals surface area (Å²) in [6.45, 7) is 1.34. The topological polar surface area (TPSA) is 88.7 Å². The van der Waals surface area contributed by atoms with Crippen LogP contribution in [0.25, 0.3) is 0 Å². The van der Waals surface area contributed by atoms with E-state index >= 15 is 0 Å². The van der Waals surface area contributed by atoms with Crippen LogP contribution in [-0.2, 0) is 16.1 Å². The quantitative estimate of drug-likeness (QED) is 0.613. The molecule has 0 fully saturated rings. The number of H-pyrrole nitrogens is 1. The number of ether oxygens (including phenoxy) is 2. The van der Waals surface area contributed by atoms with Crippen LogP contribution in [0.3, 0.4) is 0 Å². The van der Waals surface area contributed by atoms with Crippen molar-refractivity contribution in [3.8, 4) is 5.75 Å². The van der Waals surface area contributed by atoms with Crippen molar-refractivity contribution in [2.75, 3.05) is 20.8 Å². The molecule has 1 aromatic carbocycles. The minimum atomic E-state index is -0.688. The number of benzene rings is 1. The molecule has 0 atom stereocenters. The number of rotatable bonds is 7. The number of ketones is 1. The van der Waals surface area contributed by atoms with Crippen molar-refractivity contribution in [2.24, 2.45) is 0 Å². The Kier molecular flexibility index (Phi) is 5.94. The molecule has 0 bridgehead atoms. The van der Waals surface area contributed by atoms with E-state index in [-0.39, 0.29) is 24.0 Å². The lowest BCUT2D eigenvalue weighted by molar-refractivity contribution is -0.133. The molecule has 1 aromatic heterocycles. The first-order valence-corrected chi connectivity index (χ1v) is 7.64. The van der Waals surface area contributed by atoms with Crippen LogP contribution in [0.5, 0.6) is 5.75 Å². The number of nitrogens with zero attached hydrogens (tertiary/aromatic N) is 1. The first-order chi connectivity index (χ1) is 11.9. The third kappa shape index (κ3) is 4.69. The lowest BCUT2D eigenvalue weighted by Crippen LogP contribution is -2.31. The number of carbonyl (C=O) groups excluding carboxylic acids is 3. The average molecular weight is 344 g/mol. The van der Waals surface area contributed by atoms with Gasteiger partial charge in [-0.2, -0.15) is 0 Å². The number of Topliss-reactive ketones (excluding diaryl/α,β-unsaturated/α-hetero) is 1. The molecular weight excluding hydrogens is 324 g/mol. The van der Waals surface area contributed by atoms with E-state index in [0.29, 0.717) is 17.9 Å². The highest BCUT2D eigenvalue weighted by Gasteiger charge is 2.16. The molecule has 0 unspecified atom stereocenters. The number of para-hydroxylation sites is 1. The number of likely N-dealkylation sites (N-methyl/N-ethyl adjacent to an activating group) is 1. The van der Waals surface area contributed by atoms with Crippen LogP contribution in [0.4, 0.5) is 0 Å². The van der Waals surface area contributed by atoms with E-state index in [2.05, 4.69) is 4.98 Å². The monoisotopic (exact) mass is 344 g/mol. The van der Waals surface area contributed by atoms with Crippen molar-refractivity contribution in [3.05, 3.63) is 53.3 Å². The Hall–Kier alpha value is -3.09. The summed E-state index contributed by atoms with van der Waals surface area (Å²) >= 11 is 0. The van der Waals surface area contributed by atoms with E-state index in [4.69, 9.17) is 9.47 Å².